The number of rotatable bonds is 4. The van der Waals surface area contributed by atoms with Crippen molar-refractivity contribution < 1.29 is 4.79 Å². The quantitative estimate of drug-likeness (QED) is 0.860. The van der Waals surface area contributed by atoms with Gasteiger partial charge in [-0.3, -0.25) is 4.79 Å². The molecule has 4 nitrogen and oxygen atoms in total. The van der Waals surface area contributed by atoms with E-state index in [0.29, 0.717) is 18.3 Å². The summed E-state index contributed by atoms with van der Waals surface area (Å²) < 4.78 is 2.05. The Kier molecular flexibility index (Phi) is 5.10. The van der Waals surface area contributed by atoms with Gasteiger partial charge in [-0.1, -0.05) is 49.2 Å². The molecule has 1 aromatic carbocycles. The van der Waals surface area contributed by atoms with Crippen molar-refractivity contribution in [1.29, 1.82) is 0 Å². The zero-order valence-corrected chi connectivity index (χ0v) is 11.8. The third kappa shape index (κ3) is 4.04. The first-order chi connectivity index (χ1) is 8.78. The molecular formula is C12H15N3OS2. The molecule has 1 amide bonds. The first kappa shape index (κ1) is 13.5. The molecule has 0 aromatic heterocycles. The van der Waals surface area contributed by atoms with E-state index < -0.39 is 0 Å². The fraction of sp³-hybridized carbons (Fsp3) is 0.333. The molecule has 2 rings (SSSR count). The summed E-state index contributed by atoms with van der Waals surface area (Å²) in [4.78, 5) is 16.1. The summed E-state index contributed by atoms with van der Waals surface area (Å²) in [6, 6.07) is 9.71. The molecule has 1 aliphatic rings. The molecule has 18 heavy (non-hydrogen) atoms. The third-order valence-corrected chi connectivity index (χ3v) is 4.17. The van der Waals surface area contributed by atoms with E-state index in [4.69, 9.17) is 0 Å². The zero-order chi connectivity index (χ0) is 12.8. The van der Waals surface area contributed by atoms with E-state index >= 15 is 0 Å². The van der Waals surface area contributed by atoms with Crippen LogP contribution in [0.2, 0.25) is 0 Å². The van der Waals surface area contributed by atoms with Crippen molar-refractivity contribution in [2.45, 2.75) is 13.3 Å². The lowest BCUT2D eigenvalue weighted by Crippen LogP contribution is -2.29. The maximum atomic E-state index is 11.8. The second-order valence-corrected chi connectivity index (χ2v) is 6.17. The summed E-state index contributed by atoms with van der Waals surface area (Å²) in [6.07, 6.45) is 0.390. The molecule has 0 aliphatic carbocycles. The number of amidine groups is 1. The summed E-state index contributed by atoms with van der Waals surface area (Å²) in [5.41, 5.74) is 1.01. The van der Waals surface area contributed by atoms with E-state index in [-0.39, 0.29) is 5.91 Å². The van der Waals surface area contributed by atoms with Crippen molar-refractivity contribution in [3.63, 3.8) is 0 Å². The number of aliphatic imine (C=N–C) groups is 1. The fourth-order valence-electron chi connectivity index (χ4n) is 1.49. The largest absolute Gasteiger partial charge is 0.304 e. The van der Waals surface area contributed by atoms with E-state index in [1.54, 1.807) is 11.9 Å². The number of nitrogens with one attached hydrogen (secondary N) is 1. The monoisotopic (exact) mass is 281 g/mol. The second-order valence-electron chi connectivity index (χ2n) is 3.66. The van der Waals surface area contributed by atoms with Crippen molar-refractivity contribution in [3.8, 4) is 0 Å². The first-order valence-corrected chi connectivity index (χ1v) is 7.46. The number of amides is 1. The zero-order valence-electron chi connectivity index (χ0n) is 10.1. The van der Waals surface area contributed by atoms with Crippen molar-refractivity contribution in [2.75, 3.05) is 12.4 Å². The van der Waals surface area contributed by atoms with Gasteiger partial charge in [-0.05, 0) is 5.56 Å². The highest BCUT2D eigenvalue weighted by Crippen LogP contribution is 2.26. The highest BCUT2D eigenvalue weighted by atomic mass is 32.2. The van der Waals surface area contributed by atoms with Gasteiger partial charge in [0.1, 0.15) is 6.67 Å². The Morgan fingerprint density at radius 3 is 3.00 bits per heavy atom. The summed E-state index contributed by atoms with van der Waals surface area (Å²) in [5.74, 6) is 0.990. The van der Waals surface area contributed by atoms with Crippen LogP contribution in [0.3, 0.4) is 0 Å². The Hall–Kier alpha value is -0.980. The molecule has 1 aliphatic heterocycles. The van der Waals surface area contributed by atoms with E-state index in [0.717, 1.165) is 11.3 Å². The minimum Gasteiger partial charge on any atom is -0.304 e. The molecule has 0 fully saturated rings. The Morgan fingerprint density at radius 2 is 2.28 bits per heavy atom. The van der Waals surface area contributed by atoms with Gasteiger partial charge < -0.3 is 5.32 Å². The van der Waals surface area contributed by atoms with E-state index in [1.807, 2.05) is 30.3 Å². The summed E-state index contributed by atoms with van der Waals surface area (Å²) >= 11 is 3.19. The number of nitrogens with zero attached hydrogens (tertiary/aromatic N) is 2. The lowest BCUT2D eigenvalue weighted by molar-refractivity contribution is -0.119. The van der Waals surface area contributed by atoms with Crippen LogP contribution in [0, 0.1) is 0 Å². The fourth-order valence-corrected chi connectivity index (χ4v) is 3.24. The van der Waals surface area contributed by atoms with Crippen molar-refractivity contribution >= 4 is 35.0 Å². The Morgan fingerprint density at radius 1 is 1.50 bits per heavy atom. The minimum absolute atomic E-state index is 0.0178. The minimum atomic E-state index is -0.0178. The molecule has 0 saturated heterocycles. The van der Waals surface area contributed by atoms with Gasteiger partial charge in [0.05, 0.1) is 6.42 Å². The van der Waals surface area contributed by atoms with Gasteiger partial charge in [-0.15, -0.1) is 0 Å². The Labute approximate surface area is 115 Å². The maximum absolute atomic E-state index is 11.8. The maximum Gasteiger partial charge on any atom is 0.230 e. The Bertz CT molecular complexity index is 436. The van der Waals surface area contributed by atoms with Crippen LogP contribution in [0.5, 0.6) is 0 Å². The topological polar surface area (TPSA) is 44.7 Å². The van der Waals surface area contributed by atoms with Crippen molar-refractivity contribution in [3.05, 3.63) is 35.9 Å². The highest BCUT2D eigenvalue weighted by molar-refractivity contribution is 8.20. The predicted molar refractivity (Wildman–Crippen MR) is 78.2 cm³/mol. The molecule has 0 saturated carbocycles. The lowest BCUT2D eigenvalue weighted by atomic mass is 10.1. The normalized spacial score (nSPS) is 15.5. The molecule has 1 heterocycles. The van der Waals surface area contributed by atoms with Gasteiger partial charge in [0, 0.05) is 17.7 Å². The SMILES string of the molecule is CCSN1CN=C(NC(=O)Cc2ccccc2)S1. The van der Waals surface area contributed by atoms with Gasteiger partial charge in [-0.2, -0.15) is 3.71 Å². The molecule has 1 aromatic rings. The number of hydrogen-bond acceptors (Lipinski definition) is 5. The molecular weight excluding hydrogens is 266 g/mol. The number of carbonyl (C=O) groups excluding carboxylic acids is 1. The summed E-state index contributed by atoms with van der Waals surface area (Å²) in [7, 11) is 0. The smallest absolute Gasteiger partial charge is 0.230 e. The van der Waals surface area contributed by atoms with Crippen LogP contribution in [0.4, 0.5) is 0 Å². The average molecular weight is 281 g/mol. The summed E-state index contributed by atoms with van der Waals surface area (Å²) in [6.45, 7) is 2.72. The standard InChI is InChI=1S/C12H15N3OS2/c1-2-17-15-9-13-12(18-15)14-11(16)8-10-6-4-3-5-7-10/h3-7H,2,8-9H2,1H3,(H,13,14,16). The molecule has 0 bridgehead atoms. The van der Waals surface area contributed by atoms with E-state index in [2.05, 4.69) is 20.9 Å². The molecule has 1 N–H and O–H groups in total. The van der Waals surface area contributed by atoms with E-state index in [1.165, 1.54) is 11.9 Å². The number of benzene rings is 1. The lowest BCUT2D eigenvalue weighted by Gasteiger charge is -2.09. The molecule has 0 atom stereocenters. The van der Waals surface area contributed by atoms with Gasteiger partial charge in [-0.25, -0.2) is 4.99 Å². The van der Waals surface area contributed by atoms with Gasteiger partial charge in [0.15, 0.2) is 5.17 Å². The third-order valence-electron chi connectivity index (χ3n) is 2.25. The average Bonchev–Trinajstić information content (AvgIpc) is 2.78. The van der Waals surface area contributed by atoms with Gasteiger partial charge in [0.2, 0.25) is 5.91 Å². The van der Waals surface area contributed by atoms with Crippen molar-refractivity contribution in [1.82, 2.24) is 9.03 Å². The predicted octanol–water partition coefficient (Wildman–Crippen LogP) is 2.29. The van der Waals surface area contributed by atoms with Crippen molar-refractivity contribution in [2.24, 2.45) is 4.99 Å². The van der Waals surface area contributed by atoms with Crippen LogP contribution in [0.1, 0.15) is 12.5 Å². The number of carbonyl (C=O) groups is 1. The van der Waals surface area contributed by atoms with Crippen LogP contribution in [-0.4, -0.2) is 27.2 Å². The van der Waals surface area contributed by atoms with E-state index in [9.17, 15) is 4.79 Å². The van der Waals surface area contributed by atoms with Gasteiger partial charge >= 0.3 is 0 Å². The summed E-state index contributed by atoms with van der Waals surface area (Å²) in [5, 5.41) is 3.53. The number of hydrogen-bond donors (Lipinski definition) is 1. The van der Waals surface area contributed by atoms with Crippen LogP contribution in [0.25, 0.3) is 0 Å². The van der Waals surface area contributed by atoms with Crippen LogP contribution < -0.4 is 5.32 Å². The molecule has 0 radical (unpaired) electrons. The highest BCUT2D eigenvalue weighted by Gasteiger charge is 2.18. The van der Waals surface area contributed by atoms with Crippen LogP contribution in [0.15, 0.2) is 35.3 Å². The Balaban J connectivity index is 1.79. The van der Waals surface area contributed by atoms with Gasteiger partial charge in [0.25, 0.3) is 0 Å². The molecule has 6 heteroatoms. The molecule has 96 valence electrons. The molecule has 0 spiro atoms. The van der Waals surface area contributed by atoms with Crippen LogP contribution in [-0.2, 0) is 11.2 Å². The second kappa shape index (κ2) is 6.82. The first-order valence-electron chi connectivity index (χ1n) is 5.74. The van der Waals surface area contributed by atoms with Crippen LogP contribution >= 0.6 is 23.9 Å². The molecule has 0 unspecified atom stereocenters.